The topological polar surface area (TPSA) is 178 Å². The second-order valence-electron chi connectivity index (χ2n) is 11.2. The molecule has 0 aromatic heterocycles. The van der Waals surface area contributed by atoms with Crippen LogP contribution in [0.15, 0.2) is 24.8 Å². The van der Waals surface area contributed by atoms with Gasteiger partial charge in [0, 0.05) is 39.5 Å². The van der Waals surface area contributed by atoms with Crippen molar-refractivity contribution < 1.29 is 44.3 Å². The number of aliphatic hydroxyl groups excluding tert-OH is 4. The predicted octanol–water partition coefficient (Wildman–Crippen LogP) is 0.525. The minimum Gasteiger partial charge on any atom is -0.394 e. The van der Waals surface area contributed by atoms with Gasteiger partial charge in [0.2, 0.25) is 17.7 Å². The Bertz CT molecular complexity index is 871. The highest BCUT2D eigenvalue weighted by atomic mass is 16.7. The van der Waals surface area contributed by atoms with Crippen LogP contribution in [0, 0.1) is 5.92 Å². The monoisotopic (exact) mass is 597 g/mol. The van der Waals surface area contributed by atoms with E-state index >= 15 is 0 Å². The van der Waals surface area contributed by atoms with Gasteiger partial charge in [0.05, 0.1) is 19.3 Å². The summed E-state index contributed by atoms with van der Waals surface area (Å²) in [5.41, 5.74) is 0. The van der Waals surface area contributed by atoms with Crippen LogP contribution in [0.25, 0.3) is 0 Å². The van der Waals surface area contributed by atoms with Gasteiger partial charge in [0.15, 0.2) is 6.29 Å². The molecule has 5 unspecified atom stereocenters. The summed E-state index contributed by atoms with van der Waals surface area (Å²) >= 11 is 0. The number of aliphatic hydroxyl groups is 4. The SMILES string of the molecule is C=CC=CC[C@@H]1C[C@@H](CO)N(C(=O)CCCCCNC(=O)CCCCCOC2OC(CO)C(O)C(O)C2NC(C)=O)C1. The summed E-state index contributed by atoms with van der Waals surface area (Å²) in [5, 5.41) is 44.8. The molecule has 42 heavy (non-hydrogen) atoms. The molecule has 0 aromatic rings. The van der Waals surface area contributed by atoms with Crippen LogP contribution < -0.4 is 10.6 Å². The number of nitrogens with zero attached hydrogens (tertiary/aromatic N) is 1. The maximum absolute atomic E-state index is 12.7. The van der Waals surface area contributed by atoms with Gasteiger partial charge in [0.1, 0.15) is 24.4 Å². The van der Waals surface area contributed by atoms with E-state index in [0.29, 0.717) is 44.7 Å². The molecule has 240 valence electrons. The van der Waals surface area contributed by atoms with Gasteiger partial charge in [-0.25, -0.2) is 0 Å². The molecule has 2 aliphatic rings. The summed E-state index contributed by atoms with van der Waals surface area (Å²) < 4.78 is 11.2. The van der Waals surface area contributed by atoms with Crippen LogP contribution in [0.3, 0.4) is 0 Å². The molecule has 2 fully saturated rings. The Labute approximate surface area is 249 Å². The number of rotatable bonds is 19. The van der Waals surface area contributed by atoms with E-state index in [0.717, 1.165) is 38.5 Å². The van der Waals surface area contributed by atoms with E-state index in [1.165, 1.54) is 6.92 Å². The van der Waals surface area contributed by atoms with Crippen LogP contribution in [0.5, 0.6) is 0 Å². The summed E-state index contributed by atoms with van der Waals surface area (Å²) in [4.78, 5) is 38.1. The van der Waals surface area contributed by atoms with Crippen molar-refractivity contribution in [3.63, 3.8) is 0 Å². The first-order chi connectivity index (χ1) is 20.2. The zero-order valence-corrected chi connectivity index (χ0v) is 24.9. The predicted molar refractivity (Wildman–Crippen MR) is 156 cm³/mol. The molecule has 6 N–H and O–H groups in total. The van der Waals surface area contributed by atoms with Crippen molar-refractivity contribution in [2.75, 3.05) is 32.9 Å². The van der Waals surface area contributed by atoms with Crippen molar-refractivity contribution in [2.45, 2.75) is 108 Å². The number of allylic oxidation sites excluding steroid dienone is 3. The highest BCUT2D eigenvalue weighted by Crippen LogP contribution is 2.27. The Balaban J connectivity index is 1.53. The molecule has 0 bridgehead atoms. The van der Waals surface area contributed by atoms with Gasteiger partial charge in [0.25, 0.3) is 0 Å². The van der Waals surface area contributed by atoms with Crippen LogP contribution >= 0.6 is 0 Å². The maximum Gasteiger partial charge on any atom is 0.222 e. The Hall–Kier alpha value is -2.35. The zero-order chi connectivity index (χ0) is 30.9. The lowest BCUT2D eigenvalue weighted by Gasteiger charge is -2.42. The normalized spacial score (nSPS) is 27.7. The van der Waals surface area contributed by atoms with Crippen molar-refractivity contribution in [2.24, 2.45) is 5.92 Å². The first-order valence-corrected chi connectivity index (χ1v) is 15.2. The van der Waals surface area contributed by atoms with E-state index in [9.17, 15) is 34.8 Å². The third-order valence-electron chi connectivity index (χ3n) is 7.74. The fourth-order valence-electron chi connectivity index (χ4n) is 5.44. The van der Waals surface area contributed by atoms with Crippen molar-refractivity contribution >= 4 is 17.7 Å². The Morgan fingerprint density at radius 2 is 1.76 bits per heavy atom. The fraction of sp³-hybridized carbons (Fsp3) is 0.767. The summed E-state index contributed by atoms with van der Waals surface area (Å²) in [6, 6.07) is -1.07. The molecular weight excluding hydrogens is 546 g/mol. The lowest BCUT2D eigenvalue weighted by Crippen LogP contribution is -2.64. The zero-order valence-electron chi connectivity index (χ0n) is 24.9. The minimum atomic E-state index is -1.36. The van der Waals surface area contributed by atoms with Gasteiger partial charge in [-0.15, -0.1) is 0 Å². The Morgan fingerprint density at radius 1 is 1.02 bits per heavy atom. The van der Waals surface area contributed by atoms with Crippen LogP contribution in [-0.2, 0) is 23.9 Å². The van der Waals surface area contributed by atoms with Gasteiger partial charge in [-0.05, 0) is 44.4 Å². The summed E-state index contributed by atoms with van der Waals surface area (Å²) in [7, 11) is 0. The van der Waals surface area contributed by atoms with E-state index in [1.807, 2.05) is 11.0 Å². The first-order valence-electron chi connectivity index (χ1n) is 15.2. The summed E-state index contributed by atoms with van der Waals surface area (Å²) in [5.74, 6) is 0.00277. The van der Waals surface area contributed by atoms with Crippen molar-refractivity contribution in [1.29, 1.82) is 0 Å². The fourth-order valence-corrected chi connectivity index (χ4v) is 5.44. The van der Waals surface area contributed by atoms with Crippen LogP contribution in [0.4, 0.5) is 0 Å². The number of hydrogen-bond donors (Lipinski definition) is 6. The third-order valence-corrected chi connectivity index (χ3v) is 7.74. The minimum absolute atomic E-state index is 0.0132. The molecule has 0 aromatic carbocycles. The highest BCUT2D eigenvalue weighted by molar-refractivity contribution is 5.77. The number of carbonyl (C=O) groups is 3. The van der Waals surface area contributed by atoms with E-state index < -0.39 is 43.2 Å². The number of nitrogens with one attached hydrogen (secondary N) is 2. The molecule has 0 spiro atoms. The number of unbranched alkanes of at least 4 members (excludes halogenated alkanes) is 4. The molecule has 2 aliphatic heterocycles. The average Bonchev–Trinajstić information content (AvgIpc) is 3.39. The second kappa shape index (κ2) is 19.8. The summed E-state index contributed by atoms with van der Waals surface area (Å²) in [6.45, 7) is 5.92. The molecule has 0 saturated carbocycles. The van der Waals surface area contributed by atoms with E-state index in [1.54, 1.807) is 6.08 Å². The largest absolute Gasteiger partial charge is 0.394 e. The average molecular weight is 598 g/mol. The standard InChI is InChI=1S/C30H51N3O9/c1-3-4-7-12-22-17-23(19-34)33(18-22)26(38)14-9-5-10-15-31-25(37)13-8-6-11-16-41-30-27(32-21(2)36)29(40)28(39)24(20-35)42-30/h3-4,7,22-24,27-30,34-35,39-40H,1,5-6,8-20H2,2H3,(H,31,37)(H,32,36)/t22-,23+,24?,27?,28?,29?,30?/m1/s1. The van der Waals surface area contributed by atoms with E-state index in [-0.39, 0.29) is 31.1 Å². The second-order valence-corrected chi connectivity index (χ2v) is 11.2. The molecule has 0 aliphatic carbocycles. The lowest BCUT2D eigenvalue weighted by molar-refractivity contribution is -0.270. The van der Waals surface area contributed by atoms with E-state index in [4.69, 9.17) is 9.47 Å². The maximum atomic E-state index is 12.7. The Kier molecular flexibility index (Phi) is 16.9. The van der Waals surface area contributed by atoms with Gasteiger partial charge >= 0.3 is 0 Å². The van der Waals surface area contributed by atoms with Crippen LogP contribution in [-0.4, -0.2) is 113 Å². The lowest BCUT2D eigenvalue weighted by atomic mass is 9.97. The van der Waals surface area contributed by atoms with Gasteiger partial charge in [-0.3, -0.25) is 14.4 Å². The van der Waals surface area contributed by atoms with Crippen LogP contribution in [0.2, 0.25) is 0 Å². The highest BCUT2D eigenvalue weighted by Gasteiger charge is 2.45. The molecule has 2 saturated heterocycles. The Morgan fingerprint density at radius 3 is 2.45 bits per heavy atom. The van der Waals surface area contributed by atoms with Gasteiger partial charge < -0.3 is 45.4 Å². The molecule has 7 atom stereocenters. The number of likely N-dealkylation sites (tertiary alicyclic amines) is 1. The number of hydrogen-bond acceptors (Lipinski definition) is 9. The molecular formula is C30H51N3O9. The van der Waals surface area contributed by atoms with Crippen molar-refractivity contribution in [3.8, 4) is 0 Å². The smallest absolute Gasteiger partial charge is 0.222 e. The molecule has 2 rings (SSSR count). The van der Waals surface area contributed by atoms with Crippen molar-refractivity contribution in [3.05, 3.63) is 24.8 Å². The van der Waals surface area contributed by atoms with Crippen molar-refractivity contribution in [1.82, 2.24) is 15.5 Å². The first kappa shape index (κ1) is 35.8. The quantitative estimate of drug-likeness (QED) is 0.0915. The van der Waals surface area contributed by atoms with Crippen LogP contribution in [0.1, 0.15) is 71.1 Å². The molecule has 3 amide bonds. The number of carbonyl (C=O) groups excluding carboxylic acids is 3. The van der Waals surface area contributed by atoms with Gasteiger partial charge in [-0.2, -0.15) is 0 Å². The molecule has 2 heterocycles. The molecule has 0 radical (unpaired) electrons. The molecule has 12 heteroatoms. The van der Waals surface area contributed by atoms with Gasteiger partial charge in [-0.1, -0.05) is 37.6 Å². The summed E-state index contributed by atoms with van der Waals surface area (Å²) in [6.07, 6.45) is 7.83. The molecule has 12 nitrogen and oxygen atoms in total. The third kappa shape index (κ3) is 12.1. The number of ether oxygens (including phenoxy) is 2. The number of amides is 3. The van der Waals surface area contributed by atoms with E-state index in [2.05, 4.69) is 23.3 Å².